The SMILES string of the molecule is CCCS(=O)(=O)Nc1ccc(C#CCCO)cc1. The van der Waals surface area contributed by atoms with Gasteiger partial charge in [-0.25, -0.2) is 8.42 Å². The van der Waals surface area contributed by atoms with Gasteiger partial charge in [0.1, 0.15) is 0 Å². The van der Waals surface area contributed by atoms with Crippen molar-refractivity contribution in [1.29, 1.82) is 0 Å². The fourth-order valence-electron chi connectivity index (χ4n) is 1.34. The Labute approximate surface area is 108 Å². The molecule has 1 aromatic rings. The van der Waals surface area contributed by atoms with Gasteiger partial charge in [-0.1, -0.05) is 18.8 Å². The van der Waals surface area contributed by atoms with E-state index in [0.717, 1.165) is 5.56 Å². The van der Waals surface area contributed by atoms with E-state index in [4.69, 9.17) is 5.11 Å². The first-order chi connectivity index (χ1) is 8.57. The van der Waals surface area contributed by atoms with Crippen molar-refractivity contribution in [2.45, 2.75) is 19.8 Å². The second kappa shape index (κ2) is 7.04. The number of benzene rings is 1. The summed E-state index contributed by atoms with van der Waals surface area (Å²) in [5.74, 6) is 5.79. The van der Waals surface area contributed by atoms with Crippen molar-refractivity contribution < 1.29 is 13.5 Å². The van der Waals surface area contributed by atoms with Crippen molar-refractivity contribution in [2.75, 3.05) is 17.1 Å². The van der Waals surface area contributed by atoms with Crippen molar-refractivity contribution in [3.8, 4) is 11.8 Å². The van der Waals surface area contributed by atoms with Crippen molar-refractivity contribution in [1.82, 2.24) is 0 Å². The fourth-order valence-corrected chi connectivity index (χ4v) is 2.48. The monoisotopic (exact) mass is 267 g/mol. The van der Waals surface area contributed by atoms with Gasteiger partial charge in [0.25, 0.3) is 0 Å². The van der Waals surface area contributed by atoms with Gasteiger partial charge in [0.2, 0.25) is 10.0 Å². The number of rotatable bonds is 5. The van der Waals surface area contributed by atoms with Crippen LogP contribution in [0.3, 0.4) is 0 Å². The zero-order valence-corrected chi connectivity index (χ0v) is 11.1. The molecule has 0 aliphatic heterocycles. The predicted molar refractivity (Wildman–Crippen MR) is 72.7 cm³/mol. The Bertz CT molecular complexity index is 524. The second-order valence-corrected chi connectivity index (χ2v) is 5.62. The highest BCUT2D eigenvalue weighted by molar-refractivity contribution is 7.92. The lowest BCUT2D eigenvalue weighted by Gasteiger charge is -2.06. The number of hydrogen-bond acceptors (Lipinski definition) is 3. The summed E-state index contributed by atoms with van der Waals surface area (Å²) >= 11 is 0. The quantitative estimate of drug-likeness (QED) is 0.796. The first kappa shape index (κ1) is 14.6. The highest BCUT2D eigenvalue weighted by Gasteiger charge is 2.07. The maximum atomic E-state index is 11.5. The van der Waals surface area contributed by atoms with Crippen LogP contribution in [0.2, 0.25) is 0 Å². The Morgan fingerprint density at radius 1 is 1.28 bits per heavy atom. The molecule has 0 radical (unpaired) electrons. The molecule has 1 aromatic carbocycles. The average molecular weight is 267 g/mol. The first-order valence-electron chi connectivity index (χ1n) is 5.77. The third-order valence-corrected chi connectivity index (χ3v) is 3.59. The van der Waals surface area contributed by atoms with Crippen LogP contribution in [0, 0.1) is 11.8 Å². The van der Waals surface area contributed by atoms with Gasteiger partial charge in [-0.15, -0.1) is 0 Å². The minimum Gasteiger partial charge on any atom is -0.395 e. The number of anilines is 1. The molecule has 0 aliphatic rings. The third-order valence-electron chi connectivity index (χ3n) is 2.10. The largest absolute Gasteiger partial charge is 0.395 e. The first-order valence-corrected chi connectivity index (χ1v) is 7.43. The summed E-state index contributed by atoms with van der Waals surface area (Å²) in [5, 5.41) is 8.59. The molecule has 98 valence electrons. The summed E-state index contributed by atoms with van der Waals surface area (Å²) in [7, 11) is -3.24. The van der Waals surface area contributed by atoms with Crippen molar-refractivity contribution >= 4 is 15.7 Å². The molecular formula is C13H17NO3S. The normalized spacial score (nSPS) is 10.6. The van der Waals surface area contributed by atoms with Crippen LogP contribution in [0.5, 0.6) is 0 Å². The van der Waals surface area contributed by atoms with E-state index in [-0.39, 0.29) is 12.4 Å². The Morgan fingerprint density at radius 3 is 2.50 bits per heavy atom. The van der Waals surface area contributed by atoms with Crippen LogP contribution < -0.4 is 4.72 Å². The molecule has 0 atom stereocenters. The fraction of sp³-hybridized carbons (Fsp3) is 0.385. The lowest BCUT2D eigenvalue weighted by Crippen LogP contribution is -2.15. The summed E-state index contributed by atoms with van der Waals surface area (Å²) in [5.41, 5.74) is 1.33. The second-order valence-electron chi connectivity index (χ2n) is 3.77. The molecule has 0 bridgehead atoms. The van der Waals surface area contributed by atoms with Gasteiger partial charge in [-0.05, 0) is 30.7 Å². The number of aliphatic hydroxyl groups excluding tert-OH is 1. The molecule has 0 unspecified atom stereocenters. The van der Waals surface area contributed by atoms with Gasteiger partial charge >= 0.3 is 0 Å². The van der Waals surface area contributed by atoms with Crippen LogP contribution in [0.4, 0.5) is 5.69 Å². The molecule has 0 spiro atoms. The minimum atomic E-state index is -3.24. The van der Waals surface area contributed by atoms with Crippen LogP contribution in [0.15, 0.2) is 24.3 Å². The van der Waals surface area contributed by atoms with Gasteiger partial charge in [0.15, 0.2) is 0 Å². The van der Waals surface area contributed by atoms with E-state index in [9.17, 15) is 8.42 Å². The van der Waals surface area contributed by atoms with Crippen molar-refractivity contribution in [3.63, 3.8) is 0 Å². The highest BCUT2D eigenvalue weighted by Crippen LogP contribution is 2.11. The predicted octanol–water partition coefficient (Wildman–Crippen LogP) is 1.57. The van der Waals surface area contributed by atoms with E-state index in [0.29, 0.717) is 18.5 Å². The Morgan fingerprint density at radius 2 is 1.94 bits per heavy atom. The van der Waals surface area contributed by atoms with Crippen LogP contribution in [-0.2, 0) is 10.0 Å². The maximum absolute atomic E-state index is 11.5. The van der Waals surface area contributed by atoms with Crippen molar-refractivity contribution in [3.05, 3.63) is 29.8 Å². The summed E-state index contributed by atoms with van der Waals surface area (Å²) in [4.78, 5) is 0. The minimum absolute atomic E-state index is 0.0436. The van der Waals surface area contributed by atoms with E-state index in [2.05, 4.69) is 16.6 Å². The summed E-state index contributed by atoms with van der Waals surface area (Å²) < 4.78 is 25.6. The molecule has 0 aliphatic carbocycles. The van der Waals surface area contributed by atoms with Crippen LogP contribution >= 0.6 is 0 Å². The molecule has 4 nitrogen and oxygen atoms in total. The maximum Gasteiger partial charge on any atom is 0.232 e. The number of hydrogen-bond donors (Lipinski definition) is 2. The molecule has 0 saturated heterocycles. The highest BCUT2D eigenvalue weighted by atomic mass is 32.2. The molecule has 1 rings (SSSR count). The topological polar surface area (TPSA) is 66.4 Å². The van der Waals surface area contributed by atoms with E-state index in [1.807, 2.05) is 6.92 Å². The van der Waals surface area contributed by atoms with E-state index in [1.165, 1.54) is 0 Å². The summed E-state index contributed by atoms with van der Waals surface area (Å²) in [6.07, 6.45) is 1.02. The molecular weight excluding hydrogens is 250 g/mol. The van der Waals surface area contributed by atoms with Gasteiger partial charge in [-0.2, -0.15) is 0 Å². The van der Waals surface area contributed by atoms with E-state index < -0.39 is 10.0 Å². The third kappa shape index (κ3) is 5.21. The van der Waals surface area contributed by atoms with Crippen LogP contribution in [0.1, 0.15) is 25.3 Å². The van der Waals surface area contributed by atoms with Gasteiger partial charge in [0.05, 0.1) is 12.4 Å². The Hall–Kier alpha value is -1.51. The lowest BCUT2D eigenvalue weighted by molar-refractivity contribution is 0.305. The zero-order valence-electron chi connectivity index (χ0n) is 10.3. The van der Waals surface area contributed by atoms with E-state index >= 15 is 0 Å². The molecule has 0 saturated carbocycles. The molecule has 2 N–H and O–H groups in total. The average Bonchev–Trinajstić information content (AvgIpc) is 2.31. The van der Waals surface area contributed by atoms with E-state index in [1.54, 1.807) is 24.3 Å². The Kier molecular flexibility index (Phi) is 5.69. The molecule has 0 fully saturated rings. The van der Waals surface area contributed by atoms with Crippen LogP contribution in [-0.4, -0.2) is 25.9 Å². The van der Waals surface area contributed by atoms with Gasteiger partial charge < -0.3 is 5.11 Å². The zero-order chi connectivity index (χ0) is 13.4. The Balaban J connectivity index is 2.70. The van der Waals surface area contributed by atoms with Gasteiger partial charge in [0, 0.05) is 17.7 Å². The smallest absolute Gasteiger partial charge is 0.232 e. The molecule has 18 heavy (non-hydrogen) atoms. The van der Waals surface area contributed by atoms with Gasteiger partial charge in [-0.3, -0.25) is 4.72 Å². The summed E-state index contributed by atoms with van der Waals surface area (Å²) in [6, 6.07) is 6.84. The van der Waals surface area contributed by atoms with Crippen molar-refractivity contribution in [2.24, 2.45) is 0 Å². The molecule has 0 aromatic heterocycles. The molecule has 0 amide bonds. The standard InChI is InChI=1S/C13H17NO3S/c1-2-11-18(16,17)14-13-8-6-12(7-9-13)5-3-4-10-15/h6-9,14-15H,2,4,10-11H2,1H3. The molecule has 0 heterocycles. The number of nitrogens with one attached hydrogen (secondary N) is 1. The molecule has 5 heteroatoms. The van der Waals surface area contributed by atoms with Crippen LogP contribution in [0.25, 0.3) is 0 Å². The summed E-state index contributed by atoms with van der Waals surface area (Å²) in [6.45, 7) is 1.86. The number of aliphatic hydroxyl groups is 1. The number of sulfonamides is 1. The lowest BCUT2D eigenvalue weighted by atomic mass is 10.2.